The zero-order chi connectivity index (χ0) is 10.9. The van der Waals surface area contributed by atoms with Crippen LogP contribution in [0.25, 0.3) is 0 Å². The minimum Gasteiger partial charge on any atom is -0.447 e. The van der Waals surface area contributed by atoms with E-state index in [1.165, 1.54) is 0 Å². The van der Waals surface area contributed by atoms with Gasteiger partial charge in [-0.25, -0.2) is 24.2 Å². The van der Waals surface area contributed by atoms with E-state index in [2.05, 4.69) is 14.7 Å². The third-order valence-electron chi connectivity index (χ3n) is 0.313. The van der Waals surface area contributed by atoms with Crippen molar-refractivity contribution in [3.63, 3.8) is 0 Å². The van der Waals surface area contributed by atoms with Crippen LogP contribution in [0, 0.1) is 0 Å². The smallest absolute Gasteiger partial charge is 0.447 e. The van der Waals surface area contributed by atoms with E-state index >= 15 is 0 Å². The molecule has 0 aliphatic rings. The molecule has 0 aliphatic heterocycles. The van der Waals surface area contributed by atoms with Crippen LogP contribution in [0.2, 0.25) is 0 Å². The van der Waals surface area contributed by atoms with Gasteiger partial charge in [-0.3, -0.25) is 0 Å². The molecule has 0 atom stereocenters. The minimum absolute atomic E-state index is 0.690. The first kappa shape index (κ1) is 13.6. The molecule has 0 aliphatic carbocycles. The van der Waals surface area contributed by atoms with Gasteiger partial charge in [-0.05, 0) is 0 Å². The number of rotatable bonds is 0. The van der Waals surface area contributed by atoms with E-state index in [-0.39, 0.29) is 0 Å². The first-order valence-electron chi connectivity index (χ1n) is 2.52. The molecule has 0 bridgehead atoms. The molecular weight excluding hydrogens is 192 g/mol. The molecular formula is C4H6O9. The van der Waals surface area contributed by atoms with Crippen LogP contribution < -0.4 is 0 Å². The van der Waals surface area contributed by atoms with E-state index in [1.54, 1.807) is 0 Å². The normalized spacial score (nSPS) is 7.23. The molecule has 0 saturated heterocycles. The molecule has 0 rings (SSSR count). The van der Waals surface area contributed by atoms with Gasteiger partial charge in [-0.15, -0.1) is 0 Å². The van der Waals surface area contributed by atoms with Crippen LogP contribution in [0.15, 0.2) is 0 Å². The highest BCUT2D eigenvalue weighted by Crippen LogP contribution is 1.78. The maximum absolute atomic E-state index is 9.34. The highest BCUT2D eigenvalue weighted by atomic mass is 17.2. The van der Waals surface area contributed by atoms with Crippen LogP contribution >= 0.6 is 0 Å². The second kappa shape index (κ2) is 8.07. The lowest BCUT2D eigenvalue weighted by atomic mass is 10.9. The van der Waals surface area contributed by atoms with E-state index in [0.29, 0.717) is 0 Å². The molecule has 9 heteroatoms. The second-order valence-electron chi connectivity index (χ2n) is 1.28. The van der Waals surface area contributed by atoms with Crippen LogP contribution in [-0.4, -0.2) is 33.8 Å². The van der Waals surface area contributed by atoms with Gasteiger partial charge in [0.2, 0.25) is 0 Å². The molecule has 0 radical (unpaired) electrons. The average molecular weight is 198 g/mol. The molecule has 3 N–H and O–H groups in total. The Labute approximate surface area is 70.9 Å². The molecule has 9 nitrogen and oxygen atoms in total. The molecule has 0 spiro atoms. The third-order valence-corrected chi connectivity index (χ3v) is 0.313. The summed E-state index contributed by atoms with van der Waals surface area (Å²) in [7, 11) is 0. The lowest BCUT2D eigenvalue weighted by Crippen LogP contribution is -2.05. The Kier molecular flexibility index (Phi) is 8.41. The molecule has 76 valence electrons. The molecule has 0 unspecified atom stereocenters. The Morgan fingerprint density at radius 3 is 1.31 bits per heavy atom. The Bertz CT molecular complexity index is 170. The number of hydrogen-bond donors (Lipinski definition) is 3. The van der Waals surface area contributed by atoms with Crippen molar-refractivity contribution in [1.29, 1.82) is 0 Å². The third kappa shape index (κ3) is 25.6. The van der Waals surface area contributed by atoms with Crippen molar-refractivity contribution in [3.8, 4) is 0 Å². The summed E-state index contributed by atoms with van der Waals surface area (Å²) in [5, 5.41) is 22.4. The minimum atomic E-state index is -1.80. The van der Waals surface area contributed by atoms with Crippen LogP contribution in [0.4, 0.5) is 9.59 Å². The Morgan fingerprint density at radius 2 is 1.23 bits per heavy atom. The maximum atomic E-state index is 9.34. The van der Waals surface area contributed by atoms with Gasteiger partial charge in [-0.1, -0.05) is 0 Å². The van der Waals surface area contributed by atoms with E-state index in [1.807, 2.05) is 0 Å². The average Bonchev–Trinajstić information content (AvgIpc) is 2.02. The van der Waals surface area contributed by atoms with Crippen molar-refractivity contribution in [2.45, 2.75) is 6.92 Å². The van der Waals surface area contributed by atoms with E-state index in [4.69, 9.17) is 15.5 Å². The topological polar surface area (TPSA) is 140 Å². The molecule has 0 aromatic rings. The fourth-order valence-corrected chi connectivity index (χ4v) is 0.0713. The highest BCUT2D eigenvalue weighted by Gasteiger charge is 2.01. The maximum Gasteiger partial charge on any atom is 0.547 e. The molecule has 0 aromatic heterocycles. The zero-order valence-electron chi connectivity index (χ0n) is 6.29. The molecule has 0 fully saturated rings. The zero-order valence-corrected chi connectivity index (χ0v) is 6.29. The van der Waals surface area contributed by atoms with Gasteiger partial charge in [0, 0.05) is 6.92 Å². The van der Waals surface area contributed by atoms with Crippen molar-refractivity contribution in [2.75, 3.05) is 0 Å². The fourth-order valence-electron chi connectivity index (χ4n) is 0.0713. The van der Waals surface area contributed by atoms with Gasteiger partial charge in [-0.2, -0.15) is 5.26 Å². The van der Waals surface area contributed by atoms with Crippen LogP contribution in [0.3, 0.4) is 0 Å². The highest BCUT2D eigenvalue weighted by molar-refractivity contribution is 5.64. The summed E-state index contributed by atoms with van der Waals surface area (Å²) in [5.41, 5.74) is 0. The van der Waals surface area contributed by atoms with E-state index in [0.717, 1.165) is 6.92 Å². The molecule has 0 heterocycles. The standard InChI is InChI=1S/C2H2O6.C2H4O3/c3-1(4)7-8-2(5)6;1-2(3)5-4/h(H,3,4)(H,5,6);4H,1H3. The van der Waals surface area contributed by atoms with Crippen molar-refractivity contribution < 1.29 is 44.5 Å². The first-order chi connectivity index (χ1) is 5.90. The number of carboxylic acid groups (broad SMARTS) is 2. The Balaban J connectivity index is 0. The summed E-state index contributed by atoms with van der Waals surface area (Å²) < 4.78 is 0. The van der Waals surface area contributed by atoms with Crippen LogP contribution in [-0.2, 0) is 19.5 Å². The summed E-state index contributed by atoms with van der Waals surface area (Å²) in [6, 6.07) is 0. The van der Waals surface area contributed by atoms with Gasteiger partial charge < -0.3 is 15.1 Å². The summed E-state index contributed by atoms with van der Waals surface area (Å²) in [6.45, 7) is 1.11. The number of hydrogen-bond acceptors (Lipinski definition) is 7. The summed E-state index contributed by atoms with van der Waals surface area (Å²) in [4.78, 5) is 37.3. The van der Waals surface area contributed by atoms with Gasteiger partial charge in [0.25, 0.3) is 0 Å². The van der Waals surface area contributed by atoms with Gasteiger partial charge >= 0.3 is 18.3 Å². The molecule has 0 aromatic carbocycles. The lowest BCUT2D eigenvalue weighted by molar-refractivity contribution is -0.231. The van der Waals surface area contributed by atoms with Crippen molar-refractivity contribution >= 4 is 18.3 Å². The van der Waals surface area contributed by atoms with Crippen molar-refractivity contribution in [3.05, 3.63) is 0 Å². The van der Waals surface area contributed by atoms with E-state index < -0.39 is 18.3 Å². The summed E-state index contributed by atoms with van der Waals surface area (Å²) in [5.74, 6) is -0.690. The van der Waals surface area contributed by atoms with Gasteiger partial charge in [0.15, 0.2) is 0 Å². The molecule has 0 amide bonds. The predicted molar refractivity (Wildman–Crippen MR) is 32.6 cm³/mol. The Hall–Kier alpha value is -2.03. The SMILES string of the molecule is CC(=O)OO.O=C(O)OOC(=O)O. The monoisotopic (exact) mass is 198 g/mol. The molecule has 13 heavy (non-hydrogen) atoms. The molecule has 0 saturated carbocycles. The van der Waals surface area contributed by atoms with Gasteiger partial charge in [0.1, 0.15) is 0 Å². The van der Waals surface area contributed by atoms with E-state index in [9.17, 15) is 14.4 Å². The predicted octanol–water partition coefficient (Wildman–Crippen LogP) is 0.313. The van der Waals surface area contributed by atoms with Crippen molar-refractivity contribution in [2.24, 2.45) is 0 Å². The number of carbonyl (C=O) groups is 3. The summed E-state index contributed by atoms with van der Waals surface area (Å²) >= 11 is 0. The summed E-state index contributed by atoms with van der Waals surface area (Å²) in [6.07, 6.45) is -3.60. The largest absolute Gasteiger partial charge is 0.547 e. The van der Waals surface area contributed by atoms with Crippen LogP contribution in [0.1, 0.15) is 6.92 Å². The second-order valence-corrected chi connectivity index (χ2v) is 1.28. The van der Waals surface area contributed by atoms with Crippen LogP contribution in [0.5, 0.6) is 0 Å². The van der Waals surface area contributed by atoms with Gasteiger partial charge in [0.05, 0.1) is 0 Å². The first-order valence-corrected chi connectivity index (χ1v) is 2.52. The number of carbonyl (C=O) groups excluding carboxylic acids is 1. The fraction of sp³-hybridized carbons (Fsp3) is 0.250. The van der Waals surface area contributed by atoms with Crippen molar-refractivity contribution in [1.82, 2.24) is 0 Å². The quantitative estimate of drug-likeness (QED) is 0.370. The Morgan fingerprint density at radius 1 is 1.00 bits per heavy atom. The lowest BCUT2D eigenvalue weighted by Gasteiger charge is -1.89.